The van der Waals surface area contributed by atoms with E-state index in [0.717, 1.165) is 43.7 Å². The summed E-state index contributed by atoms with van der Waals surface area (Å²) in [5, 5.41) is 9.96. The summed E-state index contributed by atoms with van der Waals surface area (Å²) in [5.74, 6) is 2.58. The Morgan fingerprint density at radius 3 is 2.94 bits per heavy atom. The van der Waals surface area contributed by atoms with Gasteiger partial charge in [-0.3, -0.25) is 0 Å². The first kappa shape index (κ1) is 11.7. The molecule has 2 aliphatic rings. The van der Waals surface area contributed by atoms with Crippen LogP contribution in [0.2, 0.25) is 0 Å². The van der Waals surface area contributed by atoms with Gasteiger partial charge in [-0.15, -0.1) is 0 Å². The first-order valence-corrected chi connectivity index (χ1v) is 6.89. The van der Waals surface area contributed by atoms with Crippen LogP contribution in [-0.4, -0.2) is 30.1 Å². The summed E-state index contributed by atoms with van der Waals surface area (Å²) < 4.78 is 0. The Balaban J connectivity index is 1.80. The molecule has 98 valence electrons. The quantitative estimate of drug-likeness (QED) is 0.750. The minimum Gasteiger partial charge on any atom is -0.369 e. The van der Waals surface area contributed by atoms with Crippen LogP contribution in [0.4, 0.5) is 11.8 Å². The lowest BCUT2D eigenvalue weighted by Crippen LogP contribution is -2.28. The molecule has 0 saturated heterocycles. The van der Waals surface area contributed by atoms with Crippen LogP contribution in [0.1, 0.15) is 30.5 Å². The van der Waals surface area contributed by atoms with E-state index >= 15 is 0 Å². The second-order valence-corrected chi connectivity index (χ2v) is 5.18. The molecule has 0 amide bonds. The first-order valence-electron chi connectivity index (χ1n) is 6.89. The summed E-state index contributed by atoms with van der Waals surface area (Å²) in [4.78, 5) is 9.11. The predicted molar refractivity (Wildman–Crippen MR) is 72.8 cm³/mol. The third kappa shape index (κ3) is 2.27. The van der Waals surface area contributed by atoms with Crippen LogP contribution >= 0.6 is 0 Å². The Hall–Kier alpha value is -1.36. The lowest BCUT2D eigenvalue weighted by molar-refractivity contribution is 0.333. The molecule has 1 saturated carbocycles. The van der Waals surface area contributed by atoms with Gasteiger partial charge in [0.15, 0.2) is 0 Å². The summed E-state index contributed by atoms with van der Waals surface area (Å²) >= 11 is 0. The molecular weight excluding hydrogens is 226 g/mol. The summed E-state index contributed by atoms with van der Waals surface area (Å²) in [6.45, 7) is 2.94. The van der Waals surface area contributed by atoms with Crippen LogP contribution in [0, 0.1) is 5.92 Å². The van der Waals surface area contributed by atoms with E-state index in [1.165, 1.54) is 30.5 Å². The van der Waals surface area contributed by atoms with Gasteiger partial charge in [0, 0.05) is 38.7 Å². The van der Waals surface area contributed by atoms with Crippen molar-refractivity contribution in [3.8, 4) is 0 Å². The van der Waals surface area contributed by atoms with E-state index in [1.807, 2.05) is 7.05 Å². The van der Waals surface area contributed by atoms with Gasteiger partial charge >= 0.3 is 0 Å². The molecule has 1 aliphatic carbocycles. The minimum absolute atomic E-state index is 0.728. The lowest BCUT2D eigenvalue weighted by atomic mass is 9.85. The molecule has 0 radical (unpaired) electrons. The number of nitrogens with one attached hydrogen (secondary N) is 3. The Kier molecular flexibility index (Phi) is 3.32. The molecule has 5 nitrogen and oxygen atoms in total. The average molecular weight is 247 g/mol. The third-order valence-electron chi connectivity index (χ3n) is 3.94. The Morgan fingerprint density at radius 2 is 2.22 bits per heavy atom. The number of anilines is 2. The molecule has 3 N–H and O–H groups in total. The van der Waals surface area contributed by atoms with Crippen LogP contribution in [0.3, 0.4) is 0 Å². The Bertz CT molecular complexity index is 428. The molecule has 1 aromatic rings. The van der Waals surface area contributed by atoms with E-state index in [-0.39, 0.29) is 0 Å². The van der Waals surface area contributed by atoms with Gasteiger partial charge in [-0.1, -0.05) is 6.42 Å². The van der Waals surface area contributed by atoms with Crippen molar-refractivity contribution in [3.63, 3.8) is 0 Å². The van der Waals surface area contributed by atoms with Gasteiger partial charge in [0.05, 0.1) is 5.69 Å². The van der Waals surface area contributed by atoms with Gasteiger partial charge in [0.2, 0.25) is 5.95 Å². The maximum atomic E-state index is 4.56. The van der Waals surface area contributed by atoms with E-state index in [2.05, 4.69) is 25.9 Å². The second kappa shape index (κ2) is 5.10. The topological polar surface area (TPSA) is 61.9 Å². The third-order valence-corrected chi connectivity index (χ3v) is 3.94. The highest BCUT2D eigenvalue weighted by Gasteiger charge is 2.20. The van der Waals surface area contributed by atoms with Crippen molar-refractivity contribution in [1.29, 1.82) is 0 Å². The molecule has 0 aromatic carbocycles. The Morgan fingerprint density at radius 1 is 1.33 bits per heavy atom. The molecule has 0 unspecified atom stereocenters. The molecule has 3 rings (SSSR count). The second-order valence-electron chi connectivity index (χ2n) is 5.18. The summed E-state index contributed by atoms with van der Waals surface area (Å²) in [5.41, 5.74) is 2.43. The minimum atomic E-state index is 0.728. The molecular formula is C13H21N5. The van der Waals surface area contributed by atoms with Crippen LogP contribution in [-0.2, 0) is 13.0 Å². The van der Waals surface area contributed by atoms with Gasteiger partial charge in [0.25, 0.3) is 0 Å². The fourth-order valence-electron chi connectivity index (χ4n) is 2.54. The van der Waals surface area contributed by atoms with Gasteiger partial charge < -0.3 is 16.0 Å². The van der Waals surface area contributed by atoms with Gasteiger partial charge in [-0.25, -0.2) is 4.98 Å². The van der Waals surface area contributed by atoms with E-state index in [1.54, 1.807) is 0 Å². The zero-order valence-corrected chi connectivity index (χ0v) is 10.9. The molecule has 1 aliphatic heterocycles. The average Bonchev–Trinajstić information content (AvgIpc) is 2.36. The van der Waals surface area contributed by atoms with Crippen molar-refractivity contribution >= 4 is 11.8 Å². The normalized spacial score (nSPS) is 18.9. The zero-order chi connectivity index (χ0) is 12.4. The SMILES string of the molecule is CNc1nc2c(c(NCC3CCC3)n1)CNCC2. The van der Waals surface area contributed by atoms with Crippen LogP contribution in [0.25, 0.3) is 0 Å². The number of hydrogen-bond acceptors (Lipinski definition) is 5. The molecule has 1 aromatic heterocycles. The van der Waals surface area contributed by atoms with E-state index in [4.69, 9.17) is 0 Å². The van der Waals surface area contributed by atoms with E-state index in [0.29, 0.717) is 0 Å². The van der Waals surface area contributed by atoms with Crippen molar-refractivity contribution < 1.29 is 0 Å². The highest BCUT2D eigenvalue weighted by molar-refractivity contribution is 5.51. The zero-order valence-electron chi connectivity index (χ0n) is 10.9. The smallest absolute Gasteiger partial charge is 0.224 e. The van der Waals surface area contributed by atoms with Gasteiger partial charge in [-0.05, 0) is 18.8 Å². The maximum absolute atomic E-state index is 4.56. The van der Waals surface area contributed by atoms with E-state index < -0.39 is 0 Å². The van der Waals surface area contributed by atoms with Crippen LogP contribution in [0.15, 0.2) is 0 Å². The number of aromatic nitrogens is 2. The highest BCUT2D eigenvalue weighted by atomic mass is 15.1. The monoisotopic (exact) mass is 247 g/mol. The predicted octanol–water partition coefficient (Wildman–Crippen LogP) is 1.38. The fourth-order valence-corrected chi connectivity index (χ4v) is 2.54. The molecule has 2 heterocycles. The lowest BCUT2D eigenvalue weighted by Gasteiger charge is -2.27. The fraction of sp³-hybridized carbons (Fsp3) is 0.692. The van der Waals surface area contributed by atoms with Crippen LogP contribution < -0.4 is 16.0 Å². The van der Waals surface area contributed by atoms with Crippen LogP contribution in [0.5, 0.6) is 0 Å². The van der Waals surface area contributed by atoms with Crippen molar-refractivity contribution in [2.24, 2.45) is 5.92 Å². The molecule has 1 fully saturated rings. The van der Waals surface area contributed by atoms with Gasteiger partial charge in [-0.2, -0.15) is 4.98 Å². The van der Waals surface area contributed by atoms with Crippen molar-refractivity contribution in [2.45, 2.75) is 32.2 Å². The molecule has 5 heteroatoms. The molecule has 0 spiro atoms. The molecule has 18 heavy (non-hydrogen) atoms. The van der Waals surface area contributed by atoms with Crippen molar-refractivity contribution in [3.05, 3.63) is 11.3 Å². The number of rotatable bonds is 4. The Labute approximate surface area is 108 Å². The summed E-state index contributed by atoms with van der Waals surface area (Å²) in [7, 11) is 1.87. The first-order chi connectivity index (χ1) is 8.86. The summed E-state index contributed by atoms with van der Waals surface area (Å²) in [6.07, 6.45) is 5.09. The number of fused-ring (bicyclic) bond motifs is 1. The number of nitrogens with zero attached hydrogens (tertiary/aromatic N) is 2. The molecule has 0 atom stereocenters. The maximum Gasteiger partial charge on any atom is 0.224 e. The van der Waals surface area contributed by atoms with Crippen molar-refractivity contribution in [1.82, 2.24) is 15.3 Å². The summed E-state index contributed by atoms with van der Waals surface area (Å²) in [6, 6.07) is 0. The van der Waals surface area contributed by atoms with E-state index in [9.17, 15) is 0 Å². The highest BCUT2D eigenvalue weighted by Crippen LogP contribution is 2.28. The van der Waals surface area contributed by atoms with Crippen molar-refractivity contribution in [2.75, 3.05) is 30.8 Å². The molecule has 0 bridgehead atoms. The van der Waals surface area contributed by atoms with Gasteiger partial charge in [0.1, 0.15) is 5.82 Å². The standard InChI is InChI=1S/C13H21N5/c1-14-13-17-11-5-6-15-8-10(11)12(18-13)16-7-9-3-2-4-9/h9,15H,2-8H2,1H3,(H2,14,16,17,18). The largest absolute Gasteiger partial charge is 0.369 e. The number of hydrogen-bond donors (Lipinski definition) is 3.